The third-order valence-corrected chi connectivity index (χ3v) is 3.04. The lowest BCUT2D eigenvalue weighted by atomic mass is 10.1. The van der Waals surface area contributed by atoms with Crippen molar-refractivity contribution >= 4 is 18.0 Å². The number of hydrogen-bond donors (Lipinski definition) is 2. The van der Waals surface area contributed by atoms with Gasteiger partial charge in [-0.15, -0.1) is 0 Å². The van der Waals surface area contributed by atoms with Gasteiger partial charge in [0.25, 0.3) is 0 Å². The molecule has 1 atom stereocenters. The first-order valence-corrected chi connectivity index (χ1v) is 6.41. The predicted octanol–water partition coefficient (Wildman–Crippen LogP) is 2.07. The molecule has 2 rings (SSSR count). The van der Waals surface area contributed by atoms with Crippen molar-refractivity contribution < 1.29 is 14.7 Å². The SMILES string of the molecule is O=C(N[C@@H](C/C=C/c1ccccc1)C(=O)O)C1CC1. The average molecular weight is 259 g/mol. The molecule has 1 aromatic carbocycles. The molecule has 1 amide bonds. The van der Waals surface area contributed by atoms with Crippen molar-refractivity contribution in [2.75, 3.05) is 0 Å². The Bertz CT molecular complexity index is 477. The number of hydrogen-bond acceptors (Lipinski definition) is 2. The number of carboxylic acids is 1. The molecule has 1 aromatic rings. The van der Waals surface area contributed by atoms with Crippen LogP contribution in [-0.4, -0.2) is 23.0 Å². The summed E-state index contributed by atoms with van der Waals surface area (Å²) in [6.45, 7) is 0. The molecule has 1 aliphatic rings. The van der Waals surface area contributed by atoms with E-state index >= 15 is 0 Å². The second-order valence-corrected chi connectivity index (χ2v) is 4.72. The molecular formula is C15H17NO3. The summed E-state index contributed by atoms with van der Waals surface area (Å²) >= 11 is 0. The van der Waals surface area contributed by atoms with Gasteiger partial charge in [-0.2, -0.15) is 0 Å². The van der Waals surface area contributed by atoms with E-state index in [1.165, 1.54) is 0 Å². The molecule has 1 saturated carbocycles. The fourth-order valence-electron chi connectivity index (χ4n) is 1.76. The van der Waals surface area contributed by atoms with E-state index in [1.54, 1.807) is 6.08 Å². The highest BCUT2D eigenvalue weighted by Crippen LogP contribution is 2.28. The van der Waals surface area contributed by atoms with Crippen LogP contribution in [0, 0.1) is 5.92 Å². The first-order chi connectivity index (χ1) is 9.16. The molecule has 4 nitrogen and oxygen atoms in total. The molecule has 0 spiro atoms. The maximum atomic E-state index is 11.6. The number of nitrogens with one attached hydrogen (secondary N) is 1. The van der Waals surface area contributed by atoms with Crippen LogP contribution in [0.25, 0.3) is 6.08 Å². The predicted molar refractivity (Wildman–Crippen MR) is 72.4 cm³/mol. The number of carbonyl (C=O) groups is 2. The fraction of sp³-hybridized carbons (Fsp3) is 0.333. The summed E-state index contributed by atoms with van der Waals surface area (Å²) in [5, 5.41) is 11.6. The molecule has 0 saturated heterocycles. The number of benzene rings is 1. The van der Waals surface area contributed by atoms with Gasteiger partial charge < -0.3 is 10.4 Å². The van der Waals surface area contributed by atoms with Gasteiger partial charge >= 0.3 is 5.97 Å². The van der Waals surface area contributed by atoms with Crippen molar-refractivity contribution in [3.8, 4) is 0 Å². The van der Waals surface area contributed by atoms with Crippen LogP contribution in [0.5, 0.6) is 0 Å². The van der Waals surface area contributed by atoms with E-state index in [2.05, 4.69) is 5.32 Å². The first kappa shape index (κ1) is 13.3. The van der Waals surface area contributed by atoms with Gasteiger partial charge in [-0.05, 0) is 24.8 Å². The van der Waals surface area contributed by atoms with E-state index in [1.807, 2.05) is 36.4 Å². The third kappa shape index (κ3) is 4.25. The van der Waals surface area contributed by atoms with Gasteiger partial charge in [0.2, 0.25) is 5.91 Å². The third-order valence-electron chi connectivity index (χ3n) is 3.04. The van der Waals surface area contributed by atoms with Gasteiger partial charge in [0.1, 0.15) is 6.04 Å². The van der Waals surface area contributed by atoms with E-state index in [-0.39, 0.29) is 11.8 Å². The summed E-state index contributed by atoms with van der Waals surface area (Å²) in [5.41, 5.74) is 1.01. The van der Waals surface area contributed by atoms with E-state index in [4.69, 9.17) is 5.11 Å². The molecule has 2 N–H and O–H groups in total. The topological polar surface area (TPSA) is 66.4 Å². The summed E-state index contributed by atoms with van der Waals surface area (Å²) in [4.78, 5) is 22.6. The van der Waals surface area contributed by atoms with Crippen LogP contribution in [-0.2, 0) is 9.59 Å². The fourth-order valence-corrected chi connectivity index (χ4v) is 1.76. The van der Waals surface area contributed by atoms with Crippen molar-refractivity contribution in [2.24, 2.45) is 5.92 Å². The van der Waals surface area contributed by atoms with E-state index in [0.29, 0.717) is 6.42 Å². The van der Waals surface area contributed by atoms with Crippen LogP contribution < -0.4 is 5.32 Å². The van der Waals surface area contributed by atoms with Crippen molar-refractivity contribution in [1.29, 1.82) is 0 Å². The van der Waals surface area contributed by atoms with Gasteiger partial charge in [0.05, 0.1) is 0 Å². The Morgan fingerprint density at radius 1 is 1.32 bits per heavy atom. The monoisotopic (exact) mass is 259 g/mol. The van der Waals surface area contributed by atoms with Gasteiger partial charge in [-0.3, -0.25) is 4.79 Å². The molecule has 0 bridgehead atoms. The lowest BCUT2D eigenvalue weighted by Gasteiger charge is -2.12. The molecule has 1 aliphatic carbocycles. The average Bonchev–Trinajstić information content (AvgIpc) is 3.22. The number of aliphatic carboxylic acids is 1. The molecule has 19 heavy (non-hydrogen) atoms. The zero-order chi connectivity index (χ0) is 13.7. The molecule has 0 heterocycles. The molecule has 0 unspecified atom stereocenters. The van der Waals surface area contributed by atoms with Crippen LogP contribution >= 0.6 is 0 Å². The second-order valence-electron chi connectivity index (χ2n) is 4.72. The van der Waals surface area contributed by atoms with E-state index in [9.17, 15) is 9.59 Å². The Morgan fingerprint density at radius 3 is 2.58 bits per heavy atom. The van der Waals surface area contributed by atoms with Gasteiger partial charge in [-0.1, -0.05) is 42.5 Å². The highest BCUT2D eigenvalue weighted by molar-refractivity contribution is 5.86. The van der Waals surface area contributed by atoms with Gasteiger partial charge in [0, 0.05) is 5.92 Å². The summed E-state index contributed by atoms with van der Waals surface area (Å²) in [7, 11) is 0. The van der Waals surface area contributed by atoms with Gasteiger partial charge in [-0.25, -0.2) is 4.79 Å². The number of amides is 1. The maximum absolute atomic E-state index is 11.6. The van der Waals surface area contributed by atoms with Gasteiger partial charge in [0.15, 0.2) is 0 Å². The van der Waals surface area contributed by atoms with E-state index in [0.717, 1.165) is 18.4 Å². The summed E-state index contributed by atoms with van der Waals surface area (Å²) < 4.78 is 0. The molecule has 100 valence electrons. The Balaban J connectivity index is 1.88. The van der Waals surface area contributed by atoms with Crippen molar-refractivity contribution in [2.45, 2.75) is 25.3 Å². The van der Waals surface area contributed by atoms with Crippen LogP contribution in [0.1, 0.15) is 24.8 Å². The second kappa shape index (κ2) is 6.18. The minimum atomic E-state index is -0.994. The van der Waals surface area contributed by atoms with Crippen LogP contribution in [0.15, 0.2) is 36.4 Å². The van der Waals surface area contributed by atoms with Crippen LogP contribution in [0.4, 0.5) is 0 Å². The quantitative estimate of drug-likeness (QED) is 0.821. The molecule has 4 heteroatoms. The number of carbonyl (C=O) groups excluding carboxylic acids is 1. The molecular weight excluding hydrogens is 242 g/mol. The van der Waals surface area contributed by atoms with E-state index < -0.39 is 12.0 Å². The molecule has 0 radical (unpaired) electrons. The Morgan fingerprint density at radius 2 is 2.00 bits per heavy atom. The summed E-state index contributed by atoms with van der Waals surface area (Å²) in [6, 6.07) is 8.80. The first-order valence-electron chi connectivity index (χ1n) is 6.41. The Hall–Kier alpha value is -2.10. The standard InChI is InChI=1S/C15H17NO3/c17-14(12-9-10-12)16-13(15(18)19)8-4-7-11-5-2-1-3-6-11/h1-7,12-13H,8-10H2,(H,16,17)(H,18,19)/b7-4+/t13-/m0/s1. The zero-order valence-electron chi connectivity index (χ0n) is 10.6. The summed E-state index contributed by atoms with van der Waals surface area (Å²) in [6.07, 6.45) is 5.68. The summed E-state index contributed by atoms with van der Waals surface area (Å²) in [5.74, 6) is -1.10. The lowest BCUT2D eigenvalue weighted by molar-refractivity contribution is -0.141. The van der Waals surface area contributed by atoms with Crippen molar-refractivity contribution in [3.63, 3.8) is 0 Å². The Labute approximate surface area is 112 Å². The van der Waals surface area contributed by atoms with Crippen molar-refractivity contribution in [3.05, 3.63) is 42.0 Å². The smallest absolute Gasteiger partial charge is 0.326 e. The molecule has 1 fully saturated rings. The van der Waals surface area contributed by atoms with Crippen LogP contribution in [0.2, 0.25) is 0 Å². The van der Waals surface area contributed by atoms with Crippen LogP contribution in [0.3, 0.4) is 0 Å². The molecule has 0 aliphatic heterocycles. The lowest BCUT2D eigenvalue weighted by Crippen LogP contribution is -2.41. The highest BCUT2D eigenvalue weighted by Gasteiger charge is 2.32. The number of rotatable bonds is 6. The zero-order valence-corrected chi connectivity index (χ0v) is 10.6. The normalized spacial score (nSPS) is 16.2. The molecule has 0 aromatic heterocycles. The minimum absolute atomic E-state index is 0.0277. The largest absolute Gasteiger partial charge is 0.480 e. The minimum Gasteiger partial charge on any atom is -0.480 e. The number of carboxylic acid groups (broad SMARTS) is 1. The maximum Gasteiger partial charge on any atom is 0.326 e. The Kier molecular flexibility index (Phi) is 4.34. The van der Waals surface area contributed by atoms with Crippen molar-refractivity contribution in [1.82, 2.24) is 5.32 Å². The highest BCUT2D eigenvalue weighted by atomic mass is 16.4.